The number of piperidine rings is 1. The van der Waals surface area contributed by atoms with E-state index in [-0.39, 0.29) is 18.4 Å². The Balaban J connectivity index is 2.45. The molecule has 0 radical (unpaired) electrons. The topological polar surface area (TPSA) is 64.7 Å². The van der Waals surface area contributed by atoms with Gasteiger partial charge in [0.2, 0.25) is 11.8 Å². The van der Waals surface area contributed by atoms with Crippen molar-refractivity contribution in [2.24, 2.45) is 0 Å². The van der Waals surface area contributed by atoms with Crippen LogP contribution in [0.4, 0.5) is 0 Å². The van der Waals surface area contributed by atoms with Crippen molar-refractivity contribution in [2.45, 2.75) is 45.6 Å². The number of nitrogens with one attached hydrogen (secondary N) is 2. The highest BCUT2D eigenvalue weighted by Crippen LogP contribution is 2.12. The predicted octanol–water partition coefficient (Wildman–Crippen LogP) is 0.435. The summed E-state index contributed by atoms with van der Waals surface area (Å²) in [4.78, 5) is 27.9. The maximum Gasteiger partial charge on any atom is 0.239 e. The average molecular weight is 312 g/mol. The molecule has 128 valence electrons. The second kappa shape index (κ2) is 10.6. The summed E-state index contributed by atoms with van der Waals surface area (Å²) in [6.45, 7) is 8.35. The van der Waals surface area contributed by atoms with Crippen molar-refractivity contribution in [1.29, 1.82) is 0 Å². The summed E-state index contributed by atoms with van der Waals surface area (Å²) in [5, 5.41) is 6.16. The first-order valence-corrected chi connectivity index (χ1v) is 8.53. The second-order valence-corrected chi connectivity index (χ2v) is 6.05. The third-order valence-corrected chi connectivity index (χ3v) is 4.05. The van der Waals surface area contributed by atoms with Crippen molar-refractivity contribution >= 4 is 11.8 Å². The number of carbonyl (C=O) groups excluding carboxylic acids is 2. The van der Waals surface area contributed by atoms with Crippen LogP contribution in [-0.4, -0.2) is 74.0 Å². The van der Waals surface area contributed by atoms with Crippen LogP contribution in [0, 0.1) is 0 Å². The molecule has 0 atom stereocenters. The number of nitrogens with zero attached hydrogens (tertiary/aromatic N) is 2. The molecular weight excluding hydrogens is 280 g/mol. The lowest BCUT2D eigenvalue weighted by Gasteiger charge is -2.34. The second-order valence-electron chi connectivity index (χ2n) is 6.05. The van der Waals surface area contributed by atoms with Crippen LogP contribution in [-0.2, 0) is 9.59 Å². The number of rotatable bonds is 9. The molecule has 2 amide bonds. The van der Waals surface area contributed by atoms with Crippen LogP contribution >= 0.6 is 0 Å². The standard InChI is InChI=1S/C16H32N4O2/c1-4-8-18-15(21)12-19(3)16(22)13-20(11-5-2)14-6-9-17-10-7-14/h14,17H,4-13H2,1-3H3,(H,18,21). The molecule has 0 aliphatic carbocycles. The molecule has 1 heterocycles. The molecule has 0 bridgehead atoms. The average Bonchev–Trinajstić information content (AvgIpc) is 2.53. The van der Waals surface area contributed by atoms with Gasteiger partial charge in [-0.15, -0.1) is 0 Å². The van der Waals surface area contributed by atoms with Gasteiger partial charge in [-0.25, -0.2) is 0 Å². The summed E-state index contributed by atoms with van der Waals surface area (Å²) in [5.41, 5.74) is 0. The van der Waals surface area contributed by atoms with Crippen molar-refractivity contribution in [2.75, 3.05) is 46.3 Å². The number of likely N-dealkylation sites (N-methyl/N-ethyl adjacent to an activating group) is 1. The summed E-state index contributed by atoms with van der Waals surface area (Å²) < 4.78 is 0. The first kappa shape index (κ1) is 18.9. The highest BCUT2D eigenvalue weighted by molar-refractivity contribution is 5.85. The molecule has 0 aromatic carbocycles. The molecule has 0 unspecified atom stereocenters. The minimum Gasteiger partial charge on any atom is -0.355 e. The van der Waals surface area contributed by atoms with Gasteiger partial charge >= 0.3 is 0 Å². The van der Waals surface area contributed by atoms with Gasteiger partial charge in [0.15, 0.2) is 0 Å². The van der Waals surface area contributed by atoms with Gasteiger partial charge < -0.3 is 15.5 Å². The molecule has 6 heteroatoms. The highest BCUT2D eigenvalue weighted by Gasteiger charge is 2.24. The smallest absolute Gasteiger partial charge is 0.239 e. The molecule has 2 N–H and O–H groups in total. The molecule has 0 saturated carbocycles. The lowest BCUT2D eigenvalue weighted by atomic mass is 10.0. The van der Waals surface area contributed by atoms with Gasteiger partial charge in [-0.05, 0) is 45.3 Å². The molecule has 1 fully saturated rings. The zero-order valence-electron chi connectivity index (χ0n) is 14.4. The Morgan fingerprint density at radius 2 is 1.82 bits per heavy atom. The number of hydrogen-bond donors (Lipinski definition) is 2. The number of carbonyl (C=O) groups is 2. The molecule has 1 aliphatic heterocycles. The molecule has 22 heavy (non-hydrogen) atoms. The Morgan fingerprint density at radius 1 is 1.14 bits per heavy atom. The first-order chi connectivity index (χ1) is 10.6. The first-order valence-electron chi connectivity index (χ1n) is 8.53. The fourth-order valence-electron chi connectivity index (χ4n) is 2.77. The van der Waals surface area contributed by atoms with E-state index in [1.807, 2.05) is 6.92 Å². The molecule has 0 aromatic heterocycles. The van der Waals surface area contributed by atoms with Gasteiger partial charge in [0.1, 0.15) is 0 Å². The SMILES string of the molecule is CCCNC(=O)CN(C)C(=O)CN(CCC)C1CCNCC1. The van der Waals surface area contributed by atoms with Crippen molar-refractivity contribution in [1.82, 2.24) is 20.4 Å². The summed E-state index contributed by atoms with van der Waals surface area (Å²) in [7, 11) is 1.71. The molecule has 0 spiro atoms. The van der Waals surface area contributed by atoms with E-state index in [4.69, 9.17) is 0 Å². The summed E-state index contributed by atoms with van der Waals surface area (Å²) in [6, 6.07) is 0.479. The fourth-order valence-corrected chi connectivity index (χ4v) is 2.77. The zero-order chi connectivity index (χ0) is 16.4. The Morgan fingerprint density at radius 3 is 2.41 bits per heavy atom. The summed E-state index contributed by atoms with van der Waals surface area (Å²) >= 11 is 0. The number of amides is 2. The zero-order valence-corrected chi connectivity index (χ0v) is 14.4. The molecule has 0 aromatic rings. The molecule has 1 aliphatic rings. The van der Waals surface area contributed by atoms with Gasteiger partial charge in [0, 0.05) is 19.6 Å². The van der Waals surface area contributed by atoms with E-state index >= 15 is 0 Å². The van der Waals surface area contributed by atoms with Crippen molar-refractivity contribution in [3.63, 3.8) is 0 Å². The number of hydrogen-bond acceptors (Lipinski definition) is 4. The lowest BCUT2D eigenvalue weighted by molar-refractivity contribution is -0.136. The van der Waals surface area contributed by atoms with Gasteiger partial charge in [-0.3, -0.25) is 14.5 Å². The molecule has 1 saturated heterocycles. The van der Waals surface area contributed by atoms with Gasteiger partial charge in [-0.1, -0.05) is 13.8 Å². The monoisotopic (exact) mass is 312 g/mol. The van der Waals surface area contributed by atoms with E-state index in [0.717, 1.165) is 45.3 Å². The maximum absolute atomic E-state index is 12.4. The fraction of sp³-hybridized carbons (Fsp3) is 0.875. The Bertz CT molecular complexity index is 343. The quantitative estimate of drug-likeness (QED) is 0.648. The van der Waals surface area contributed by atoms with E-state index in [0.29, 0.717) is 19.1 Å². The van der Waals surface area contributed by atoms with Crippen molar-refractivity contribution in [3.05, 3.63) is 0 Å². The van der Waals surface area contributed by atoms with Crippen molar-refractivity contribution < 1.29 is 9.59 Å². The van der Waals surface area contributed by atoms with Crippen LogP contribution in [0.1, 0.15) is 39.5 Å². The largest absolute Gasteiger partial charge is 0.355 e. The van der Waals surface area contributed by atoms with E-state index in [1.54, 1.807) is 7.05 Å². The predicted molar refractivity (Wildman–Crippen MR) is 88.7 cm³/mol. The minimum absolute atomic E-state index is 0.0265. The maximum atomic E-state index is 12.4. The van der Waals surface area contributed by atoms with E-state index in [1.165, 1.54) is 4.90 Å². The Hall–Kier alpha value is -1.14. The lowest BCUT2D eigenvalue weighted by Crippen LogP contribution is -2.49. The van der Waals surface area contributed by atoms with Crippen LogP contribution in [0.2, 0.25) is 0 Å². The van der Waals surface area contributed by atoms with Crippen LogP contribution in [0.25, 0.3) is 0 Å². The third kappa shape index (κ3) is 6.75. The highest BCUT2D eigenvalue weighted by atomic mass is 16.2. The Labute approximate surface area is 134 Å². The van der Waals surface area contributed by atoms with Crippen LogP contribution < -0.4 is 10.6 Å². The van der Waals surface area contributed by atoms with Gasteiger partial charge in [0.25, 0.3) is 0 Å². The van der Waals surface area contributed by atoms with Crippen LogP contribution in [0.15, 0.2) is 0 Å². The van der Waals surface area contributed by atoms with Gasteiger partial charge in [-0.2, -0.15) is 0 Å². The van der Waals surface area contributed by atoms with Gasteiger partial charge in [0.05, 0.1) is 13.1 Å². The Kier molecular flexibility index (Phi) is 9.08. The van der Waals surface area contributed by atoms with E-state index in [9.17, 15) is 9.59 Å². The molecular formula is C16H32N4O2. The third-order valence-electron chi connectivity index (χ3n) is 4.05. The summed E-state index contributed by atoms with van der Waals surface area (Å²) in [6.07, 6.45) is 4.13. The minimum atomic E-state index is -0.0818. The van der Waals surface area contributed by atoms with E-state index < -0.39 is 0 Å². The van der Waals surface area contributed by atoms with E-state index in [2.05, 4.69) is 22.5 Å². The van der Waals surface area contributed by atoms with Crippen molar-refractivity contribution in [3.8, 4) is 0 Å². The van der Waals surface area contributed by atoms with Crippen LogP contribution in [0.5, 0.6) is 0 Å². The molecule has 1 rings (SSSR count). The summed E-state index contributed by atoms with van der Waals surface area (Å²) in [5.74, 6) is -0.0553. The van der Waals surface area contributed by atoms with Crippen LogP contribution in [0.3, 0.4) is 0 Å². The molecule has 6 nitrogen and oxygen atoms in total. The normalized spacial score (nSPS) is 15.8.